The zero-order valence-electron chi connectivity index (χ0n) is 9.39. The van der Waals surface area contributed by atoms with Crippen molar-refractivity contribution in [2.45, 2.75) is 43.3 Å². The van der Waals surface area contributed by atoms with Gasteiger partial charge in [-0.3, -0.25) is 15.0 Å². The average molecular weight is 259 g/mol. The number of carbonyl (C=O) groups is 2. The van der Waals surface area contributed by atoms with E-state index in [-0.39, 0.29) is 12.1 Å². The molecule has 3 fully saturated rings. The number of urea groups is 1. The van der Waals surface area contributed by atoms with Crippen LogP contribution < -0.4 is 5.32 Å². The van der Waals surface area contributed by atoms with Gasteiger partial charge in [-0.05, 0) is 12.8 Å². The summed E-state index contributed by atoms with van der Waals surface area (Å²) < 4.78 is 5.62. The first-order chi connectivity index (χ1) is 8.18. The number of hydrogen-bond acceptors (Lipinski definition) is 3. The van der Waals surface area contributed by atoms with E-state index in [4.69, 9.17) is 16.3 Å². The van der Waals surface area contributed by atoms with E-state index in [1.165, 1.54) is 6.42 Å². The molecule has 0 spiro atoms. The largest absolute Gasteiger partial charge is 0.356 e. The SMILES string of the molecule is O=C1NC(=O)N2C(OC[C@@H]3CCCC[C@@H]32)C1Cl. The quantitative estimate of drug-likeness (QED) is 0.661. The van der Waals surface area contributed by atoms with Gasteiger partial charge in [-0.15, -0.1) is 11.6 Å². The molecule has 5 nitrogen and oxygen atoms in total. The molecule has 0 radical (unpaired) electrons. The van der Waals surface area contributed by atoms with Crippen LogP contribution in [-0.4, -0.2) is 41.1 Å². The highest BCUT2D eigenvalue weighted by atomic mass is 35.5. The molecule has 4 atom stereocenters. The van der Waals surface area contributed by atoms with Crippen molar-refractivity contribution in [3.05, 3.63) is 0 Å². The number of alkyl halides is 1. The van der Waals surface area contributed by atoms with Gasteiger partial charge in [0.15, 0.2) is 11.6 Å². The van der Waals surface area contributed by atoms with Crippen molar-refractivity contribution >= 4 is 23.5 Å². The molecule has 3 amide bonds. The van der Waals surface area contributed by atoms with E-state index in [1.54, 1.807) is 4.90 Å². The first kappa shape index (κ1) is 11.3. The zero-order chi connectivity index (χ0) is 12.0. The predicted octanol–water partition coefficient (Wildman–Crippen LogP) is 1.06. The molecular weight excluding hydrogens is 244 g/mol. The molecule has 1 saturated carbocycles. The molecule has 94 valence electrons. The number of carbonyl (C=O) groups excluding carboxylic acids is 2. The summed E-state index contributed by atoms with van der Waals surface area (Å²) in [5.41, 5.74) is 0. The molecule has 0 aromatic rings. The first-order valence-corrected chi connectivity index (χ1v) is 6.51. The summed E-state index contributed by atoms with van der Waals surface area (Å²) in [6, 6.07) is -0.176. The van der Waals surface area contributed by atoms with Crippen molar-refractivity contribution in [1.29, 1.82) is 0 Å². The molecule has 1 N–H and O–H groups in total. The normalized spacial score (nSPS) is 41.6. The van der Waals surface area contributed by atoms with Gasteiger partial charge in [0.1, 0.15) is 0 Å². The van der Waals surface area contributed by atoms with E-state index < -0.39 is 17.5 Å². The van der Waals surface area contributed by atoms with Crippen LogP contribution in [0.4, 0.5) is 4.79 Å². The van der Waals surface area contributed by atoms with E-state index in [0.29, 0.717) is 12.5 Å². The lowest BCUT2D eigenvalue weighted by atomic mass is 9.82. The van der Waals surface area contributed by atoms with Crippen LogP contribution in [0, 0.1) is 5.92 Å². The van der Waals surface area contributed by atoms with Gasteiger partial charge in [0.25, 0.3) is 5.91 Å². The van der Waals surface area contributed by atoms with E-state index in [9.17, 15) is 9.59 Å². The molecule has 2 aliphatic heterocycles. The molecule has 1 aliphatic carbocycles. The van der Waals surface area contributed by atoms with Crippen LogP contribution in [0.2, 0.25) is 0 Å². The minimum absolute atomic E-state index is 0.178. The maximum absolute atomic E-state index is 11.9. The highest BCUT2D eigenvalue weighted by Gasteiger charge is 2.49. The van der Waals surface area contributed by atoms with Crippen molar-refractivity contribution in [1.82, 2.24) is 10.2 Å². The lowest BCUT2D eigenvalue weighted by Crippen LogP contribution is -2.69. The van der Waals surface area contributed by atoms with Crippen LogP contribution in [0.1, 0.15) is 25.7 Å². The highest BCUT2D eigenvalue weighted by Crippen LogP contribution is 2.36. The molecule has 0 aromatic carbocycles. The predicted molar refractivity (Wildman–Crippen MR) is 60.5 cm³/mol. The summed E-state index contributed by atoms with van der Waals surface area (Å²) in [6.45, 7) is 0.607. The lowest BCUT2D eigenvalue weighted by molar-refractivity contribution is -0.156. The lowest BCUT2D eigenvalue weighted by Gasteiger charge is -2.50. The molecular formula is C11H15ClN2O3. The minimum atomic E-state index is -0.796. The Morgan fingerprint density at radius 3 is 2.88 bits per heavy atom. The number of hydrogen-bond donors (Lipinski definition) is 1. The second-order valence-corrected chi connectivity index (χ2v) is 5.41. The molecule has 3 rings (SSSR count). The Morgan fingerprint density at radius 2 is 2.06 bits per heavy atom. The van der Waals surface area contributed by atoms with Gasteiger partial charge in [0.2, 0.25) is 0 Å². The van der Waals surface area contributed by atoms with Crippen LogP contribution in [0.15, 0.2) is 0 Å². The Labute approximate surface area is 104 Å². The van der Waals surface area contributed by atoms with E-state index in [1.807, 2.05) is 0 Å². The summed E-state index contributed by atoms with van der Waals surface area (Å²) in [5.74, 6) is -0.0602. The third-order valence-electron chi connectivity index (χ3n) is 3.95. The van der Waals surface area contributed by atoms with Gasteiger partial charge in [0, 0.05) is 12.0 Å². The average Bonchev–Trinajstić information content (AvgIpc) is 2.35. The van der Waals surface area contributed by atoms with Crippen molar-refractivity contribution < 1.29 is 14.3 Å². The van der Waals surface area contributed by atoms with Crippen molar-refractivity contribution in [3.63, 3.8) is 0 Å². The molecule has 2 unspecified atom stereocenters. The summed E-state index contributed by atoms with van der Waals surface area (Å²) in [4.78, 5) is 25.0. The Balaban J connectivity index is 1.87. The van der Waals surface area contributed by atoms with Gasteiger partial charge in [-0.1, -0.05) is 12.8 Å². The summed E-state index contributed by atoms with van der Waals surface area (Å²) >= 11 is 6.01. The maximum atomic E-state index is 11.9. The van der Waals surface area contributed by atoms with Crippen LogP contribution in [0.3, 0.4) is 0 Å². The summed E-state index contributed by atoms with van der Waals surface area (Å²) in [7, 11) is 0. The topological polar surface area (TPSA) is 58.6 Å². The van der Waals surface area contributed by atoms with Gasteiger partial charge < -0.3 is 4.74 Å². The van der Waals surface area contributed by atoms with Crippen LogP contribution in [0.5, 0.6) is 0 Å². The summed E-state index contributed by atoms with van der Waals surface area (Å²) in [6.07, 6.45) is 3.79. The first-order valence-electron chi connectivity index (χ1n) is 6.07. The van der Waals surface area contributed by atoms with E-state index >= 15 is 0 Å². The molecule has 2 heterocycles. The van der Waals surface area contributed by atoms with Crippen LogP contribution in [0.25, 0.3) is 0 Å². The number of ether oxygens (including phenoxy) is 1. The molecule has 6 heteroatoms. The molecule has 2 saturated heterocycles. The highest BCUT2D eigenvalue weighted by molar-refractivity contribution is 6.33. The molecule has 0 bridgehead atoms. The number of nitrogens with one attached hydrogen (secondary N) is 1. The number of imide groups is 1. The Bertz CT molecular complexity index is 363. The fraction of sp³-hybridized carbons (Fsp3) is 0.818. The second kappa shape index (κ2) is 4.14. The van der Waals surface area contributed by atoms with Crippen LogP contribution in [-0.2, 0) is 9.53 Å². The van der Waals surface area contributed by atoms with Crippen molar-refractivity contribution in [2.24, 2.45) is 5.92 Å². The van der Waals surface area contributed by atoms with Gasteiger partial charge >= 0.3 is 6.03 Å². The number of halogens is 1. The molecule has 17 heavy (non-hydrogen) atoms. The standard InChI is InChI=1S/C11H15ClN2O3/c12-8-9(15)13-11(16)14-7-4-2-1-3-6(7)5-17-10(8)14/h6-8,10H,1-5H2,(H,13,15,16)/t6-,7-,8?,10?/m0/s1. The number of fused-ring (bicyclic) bond motifs is 3. The third-order valence-corrected chi connectivity index (χ3v) is 4.36. The van der Waals surface area contributed by atoms with Gasteiger partial charge in [-0.25, -0.2) is 4.79 Å². The smallest absolute Gasteiger partial charge is 0.326 e. The minimum Gasteiger partial charge on any atom is -0.356 e. The second-order valence-electron chi connectivity index (χ2n) is 4.94. The monoisotopic (exact) mass is 258 g/mol. The maximum Gasteiger partial charge on any atom is 0.326 e. The Hall–Kier alpha value is -0.810. The van der Waals surface area contributed by atoms with Crippen molar-refractivity contribution in [3.8, 4) is 0 Å². The van der Waals surface area contributed by atoms with Crippen LogP contribution >= 0.6 is 11.6 Å². The number of rotatable bonds is 0. The number of nitrogens with zero attached hydrogens (tertiary/aromatic N) is 1. The van der Waals surface area contributed by atoms with Gasteiger partial charge in [-0.2, -0.15) is 0 Å². The fourth-order valence-corrected chi connectivity index (χ4v) is 3.35. The van der Waals surface area contributed by atoms with Crippen molar-refractivity contribution in [2.75, 3.05) is 6.61 Å². The number of amides is 3. The van der Waals surface area contributed by atoms with E-state index in [0.717, 1.165) is 19.3 Å². The summed E-state index contributed by atoms with van der Waals surface area (Å²) in [5, 5.41) is 1.50. The zero-order valence-corrected chi connectivity index (χ0v) is 10.2. The van der Waals surface area contributed by atoms with Gasteiger partial charge in [0.05, 0.1) is 6.61 Å². The molecule has 0 aromatic heterocycles. The Morgan fingerprint density at radius 1 is 1.29 bits per heavy atom. The fourth-order valence-electron chi connectivity index (χ4n) is 3.10. The molecule has 3 aliphatic rings. The Kier molecular flexibility index (Phi) is 2.75. The van der Waals surface area contributed by atoms with E-state index in [2.05, 4.69) is 5.32 Å². The third kappa shape index (κ3) is 1.72.